The number of nitrogens with zero attached hydrogens (tertiary/aromatic N) is 1. The highest BCUT2D eigenvalue weighted by molar-refractivity contribution is 7.98. The quantitative estimate of drug-likeness (QED) is 0.831. The van der Waals surface area contributed by atoms with Gasteiger partial charge in [0.25, 0.3) is 0 Å². The Bertz CT molecular complexity index is 329. The van der Waals surface area contributed by atoms with Gasteiger partial charge in [-0.05, 0) is 50.4 Å². The van der Waals surface area contributed by atoms with E-state index in [9.17, 15) is 0 Å². The van der Waals surface area contributed by atoms with Crippen LogP contribution in [0.5, 0.6) is 0 Å². The van der Waals surface area contributed by atoms with Gasteiger partial charge in [-0.25, -0.2) is 0 Å². The Labute approximate surface area is 109 Å². The second kappa shape index (κ2) is 6.43. The van der Waals surface area contributed by atoms with Gasteiger partial charge in [-0.1, -0.05) is 12.1 Å². The maximum absolute atomic E-state index is 3.46. The third-order valence-electron chi connectivity index (χ3n) is 3.52. The van der Waals surface area contributed by atoms with E-state index >= 15 is 0 Å². The highest BCUT2D eigenvalue weighted by Crippen LogP contribution is 2.23. The van der Waals surface area contributed by atoms with Crippen molar-refractivity contribution in [2.75, 3.05) is 32.4 Å². The second-order valence-electron chi connectivity index (χ2n) is 4.59. The Balaban J connectivity index is 2.03. The summed E-state index contributed by atoms with van der Waals surface area (Å²) in [5.41, 5.74) is 1.43. The third kappa shape index (κ3) is 3.47. The van der Waals surface area contributed by atoms with Crippen LogP contribution in [0.25, 0.3) is 0 Å². The van der Waals surface area contributed by atoms with Crippen LogP contribution >= 0.6 is 11.8 Å². The molecule has 0 bridgehead atoms. The van der Waals surface area contributed by atoms with E-state index in [0.717, 1.165) is 19.6 Å². The fourth-order valence-electron chi connectivity index (χ4n) is 2.35. The molecule has 0 aliphatic carbocycles. The lowest BCUT2D eigenvalue weighted by atomic mass is 10.1. The van der Waals surface area contributed by atoms with E-state index in [1.54, 1.807) is 11.8 Å². The summed E-state index contributed by atoms with van der Waals surface area (Å²) >= 11 is 1.80. The lowest BCUT2D eigenvalue weighted by molar-refractivity contribution is 0.225. The van der Waals surface area contributed by atoms with Crippen LogP contribution in [0.4, 0.5) is 0 Å². The highest BCUT2D eigenvalue weighted by atomic mass is 32.2. The largest absolute Gasteiger partial charge is 0.315 e. The first-order chi connectivity index (χ1) is 8.31. The van der Waals surface area contributed by atoms with Gasteiger partial charge in [0.2, 0.25) is 0 Å². The molecule has 1 N–H and O–H groups in total. The summed E-state index contributed by atoms with van der Waals surface area (Å²) in [6.45, 7) is 6.96. The molecule has 0 amide bonds. The van der Waals surface area contributed by atoms with E-state index in [-0.39, 0.29) is 0 Å². The third-order valence-corrected chi connectivity index (χ3v) is 4.26. The molecule has 1 aliphatic rings. The topological polar surface area (TPSA) is 15.3 Å². The van der Waals surface area contributed by atoms with Crippen LogP contribution in [-0.2, 0) is 0 Å². The summed E-state index contributed by atoms with van der Waals surface area (Å²) in [6.07, 6.45) is 3.38. The fraction of sp³-hybridized carbons (Fsp3) is 0.571. The SMILES string of the molecule is CSc1ccc(C(C)N2CCCNCC2)cc1. The van der Waals surface area contributed by atoms with Crippen molar-refractivity contribution in [1.29, 1.82) is 0 Å². The molecular formula is C14H22N2S. The molecule has 1 atom stereocenters. The Morgan fingerprint density at radius 1 is 1.18 bits per heavy atom. The Kier molecular flexibility index (Phi) is 4.89. The van der Waals surface area contributed by atoms with Gasteiger partial charge in [0.05, 0.1) is 0 Å². The van der Waals surface area contributed by atoms with Crippen LogP contribution in [0.3, 0.4) is 0 Å². The lowest BCUT2D eigenvalue weighted by Crippen LogP contribution is -2.30. The molecule has 0 aromatic heterocycles. The molecular weight excluding hydrogens is 228 g/mol. The van der Waals surface area contributed by atoms with Crippen molar-refractivity contribution in [2.45, 2.75) is 24.3 Å². The summed E-state index contributed by atoms with van der Waals surface area (Å²) < 4.78 is 0. The van der Waals surface area contributed by atoms with Crippen molar-refractivity contribution < 1.29 is 0 Å². The van der Waals surface area contributed by atoms with Crippen LogP contribution in [-0.4, -0.2) is 37.3 Å². The highest BCUT2D eigenvalue weighted by Gasteiger charge is 2.16. The maximum atomic E-state index is 3.46. The average molecular weight is 250 g/mol. The van der Waals surface area contributed by atoms with E-state index < -0.39 is 0 Å². The van der Waals surface area contributed by atoms with Gasteiger partial charge < -0.3 is 5.32 Å². The Hall–Kier alpha value is -0.510. The lowest BCUT2D eigenvalue weighted by Gasteiger charge is -2.27. The molecule has 1 aromatic rings. The van der Waals surface area contributed by atoms with Gasteiger partial charge in [0, 0.05) is 24.0 Å². The van der Waals surface area contributed by atoms with E-state index in [0.29, 0.717) is 6.04 Å². The number of hydrogen-bond donors (Lipinski definition) is 1. The van der Waals surface area contributed by atoms with Crippen LogP contribution < -0.4 is 5.32 Å². The first-order valence-corrected chi connectivity index (χ1v) is 7.62. The monoisotopic (exact) mass is 250 g/mol. The standard InChI is InChI=1S/C14H22N2S/c1-12(16-10-3-8-15-9-11-16)13-4-6-14(17-2)7-5-13/h4-7,12,15H,3,8-11H2,1-2H3. The minimum Gasteiger partial charge on any atom is -0.315 e. The first-order valence-electron chi connectivity index (χ1n) is 6.40. The van der Waals surface area contributed by atoms with Crippen molar-refractivity contribution in [1.82, 2.24) is 10.2 Å². The van der Waals surface area contributed by atoms with E-state index in [2.05, 4.69) is 47.7 Å². The average Bonchev–Trinajstić information content (AvgIpc) is 2.67. The van der Waals surface area contributed by atoms with Crippen LogP contribution in [0.2, 0.25) is 0 Å². The van der Waals surface area contributed by atoms with E-state index in [4.69, 9.17) is 0 Å². The number of hydrogen-bond acceptors (Lipinski definition) is 3. The van der Waals surface area contributed by atoms with Crippen molar-refractivity contribution in [3.63, 3.8) is 0 Å². The molecule has 0 radical (unpaired) electrons. The van der Waals surface area contributed by atoms with Gasteiger partial charge in [-0.15, -0.1) is 11.8 Å². The molecule has 2 rings (SSSR count). The molecule has 1 fully saturated rings. The molecule has 0 spiro atoms. The molecule has 2 nitrogen and oxygen atoms in total. The minimum atomic E-state index is 0.533. The molecule has 0 saturated carbocycles. The smallest absolute Gasteiger partial charge is 0.0320 e. The molecule has 1 aromatic carbocycles. The van der Waals surface area contributed by atoms with Crippen LogP contribution in [0, 0.1) is 0 Å². The zero-order valence-electron chi connectivity index (χ0n) is 10.8. The number of rotatable bonds is 3. The van der Waals surface area contributed by atoms with Crippen molar-refractivity contribution >= 4 is 11.8 Å². The summed E-state index contributed by atoms with van der Waals surface area (Å²) in [5.74, 6) is 0. The molecule has 1 heterocycles. The summed E-state index contributed by atoms with van der Waals surface area (Å²) in [5, 5.41) is 3.46. The molecule has 17 heavy (non-hydrogen) atoms. The zero-order chi connectivity index (χ0) is 12.1. The fourth-order valence-corrected chi connectivity index (χ4v) is 2.76. The molecule has 1 saturated heterocycles. The Morgan fingerprint density at radius 2 is 1.94 bits per heavy atom. The predicted molar refractivity (Wildman–Crippen MR) is 75.7 cm³/mol. The molecule has 1 aliphatic heterocycles. The second-order valence-corrected chi connectivity index (χ2v) is 5.47. The van der Waals surface area contributed by atoms with Gasteiger partial charge in [-0.3, -0.25) is 4.90 Å². The van der Waals surface area contributed by atoms with Crippen molar-refractivity contribution in [3.8, 4) is 0 Å². The first kappa shape index (κ1) is 12.9. The maximum Gasteiger partial charge on any atom is 0.0320 e. The molecule has 1 unspecified atom stereocenters. The molecule has 94 valence electrons. The number of thioether (sulfide) groups is 1. The molecule has 3 heteroatoms. The van der Waals surface area contributed by atoms with E-state index in [1.807, 2.05) is 0 Å². The Morgan fingerprint density at radius 3 is 2.65 bits per heavy atom. The normalized spacial score (nSPS) is 19.9. The predicted octanol–water partition coefficient (Wildman–Crippen LogP) is 2.76. The van der Waals surface area contributed by atoms with Crippen molar-refractivity contribution in [3.05, 3.63) is 29.8 Å². The van der Waals surface area contributed by atoms with Crippen LogP contribution in [0.1, 0.15) is 24.9 Å². The van der Waals surface area contributed by atoms with Crippen LogP contribution in [0.15, 0.2) is 29.2 Å². The minimum absolute atomic E-state index is 0.533. The van der Waals surface area contributed by atoms with Gasteiger partial charge in [-0.2, -0.15) is 0 Å². The van der Waals surface area contributed by atoms with Gasteiger partial charge in [0.15, 0.2) is 0 Å². The van der Waals surface area contributed by atoms with E-state index in [1.165, 1.54) is 23.4 Å². The van der Waals surface area contributed by atoms with Gasteiger partial charge in [0.1, 0.15) is 0 Å². The number of nitrogens with one attached hydrogen (secondary N) is 1. The van der Waals surface area contributed by atoms with Crippen molar-refractivity contribution in [2.24, 2.45) is 0 Å². The summed E-state index contributed by atoms with van der Waals surface area (Å²) in [7, 11) is 0. The van der Waals surface area contributed by atoms with Gasteiger partial charge >= 0.3 is 0 Å². The summed E-state index contributed by atoms with van der Waals surface area (Å²) in [6, 6.07) is 9.54. The summed E-state index contributed by atoms with van der Waals surface area (Å²) in [4.78, 5) is 3.92. The zero-order valence-corrected chi connectivity index (χ0v) is 11.6. The number of benzene rings is 1.